The molecule has 0 radical (unpaired) electrons. The maximum atomic E-state index is 11.0. The fourth-order valence-electron chi connectivity index (χ4n) is 1.66. The molecule has 88 valence electrons. The summed E-state index contributed by atoms with van der Waals surface area (Å²) in [6, 6.07) is 8.28. The van der Waals surface area contributed by atoms with Gasteiger partial charge in [-0.2, -0.15) is 0 Å². The molecular formula is C14H16N2O. The predicted molar refractivity (Wildman–Crippen MR) is 71.5 cm³/mol. The number of rotatable bonds is 3. The number of hydrogen-bond acceptors (Lipinski definition) is 3. The molecule has 1 aliphatic rings. The number of nitrogens with zero attached hydrogens (tertiary/aromatic N) is 1. The van der Waals surface area contributed by atoms with Gasteiger partial charge in [-0.25, -0.2) is 0 Å². The second-order valence-corrected chi connectivity index (χ2v) is 4.23. The number of benzene rings is 1. The van der Waals surface area contributed by atoms with Gasteiger partial charge in [0, 0.05) is 25.5 Å². The quantitative estimate of drug-likeness (QED) is 0.861. The van der Waals surface area contributed by atoms with Crippen LogP contribution in [-0.2, 0) is 4.79 Å². The van der Waals surface area contributed by atoms with Crippen molar-refractivity contribution in [2.75, 3.05) is 24.3 Å². The molecule has 3 heteroatoms. The SMILES string of the molecule is CN(C)c1ccc(NC2C=CC(=O)C=C2)cc1. The minimum absolute atomic E-state index is 0.0472. The van der Waals surface area contributed by atoms with Crippen molar-refractivity contribution in [3.05, 3.63) is 48.6 Å². The van der Waals surface area contributed by atoms with Crippen LogP contribution in [0.25, 0.3) is 0 Å². The summed E-state index contributed by atoms with van der Waals surface area (Å²) >= 11 is 0. The highest BCUT2D eigenvalue weighted by atomic mass is 16.1. The summed E-state index contributed by atoms with van der Waals surface area (Å²) in [5.74, 6) is 0.0472. The van der Waals surface area contributed by atoms with E-state index in [0.717, 1.165) is 5.69 Å². The van der Waals surface area contributed by atoms with Crippen molar-refractivity contribution in [1.82, 2.24) is 0 Å². The second kappa shape index (κ2) is 4.87. The first-order chi connectivity index (χ1) is 8.15. The van der Waals surface area contributed by atoms with Crippen molar-refractivity contribution < 1.29 is 4.79 Å². The van der Waals surface area contributed by atoms with E-state index in [4.69, 9.17) is 0 Å². The molecule has 0 amide bonds. The van der Waals surface area contributed by atoms with Gasteiger partial charge in [-0.3, -0.25) is 4.79 Å². The Balaban J connectivity index is 2.02. The highest BCUT2D eigenvalue weighted by Gasteiger charge is 2.06. The van der Waals surface area contributed by atoms with Crippen molar-refractivity contribution in [2.24, 2.45) is 0 Å². The number of carbonyl (C=O) groups excluding carboxylic acids is 1. The standard InChI is InChI=1S/C14H16N2O/c1-16(2)13-7-3-11(4-8-13)15-12-5-9-14(17)10-6-12/h3-10,12,15H,1-2H3. The summed E-state index contributed by atoms with van der Waals surface area (Å²) in [5, 5.41) is 3.32. The van der Waals surface area contributed by atoms with Gasteiger partial charge >= 0.3 is 0 Å². The average Bonchev–Trinajstić information content (AvgIpc) is 2.33. The van der Waals surface area contributed by atoms with E-state index in [1.54, 1.807) is 12.2 Å². The predicted octanol–water partition coefficient (Wildman–Crippen LogP) is 2.23. The van der Waals surface area contributed by atoms with Crippen LogP contribution in [0.2, 0.25) is 0 Å². The summed E-state index contributed by atoms with van der Waals surface area (Å²) in [6.45, 7) is 0. The van der Waals surface area contributed by atoms with Crippen LogP contribution in [0.15, 0.2) is 48.6 Å². The van der Waals surface area contributed by atoms with E-state index in [9.17, 15) is 4.79 Å². The Hall–Kier alpha value is -2.03. The average molecular weight is 228 g/mol. The van der Waals surface area contributed by atoms with Gasteiger partial charge in [0.05, 0.1) is 6.04 Å². The van der Waals surface area contributed by atoms with Crippen molar-refractivity contribution >= 4 is 17.2 Å². The highest BCUT2D eigenvalue weighted by Crippen LogP contribution is 2.17. The Morgan fingerprint density at radius 1 is 1.06 bits per heavy atom. The van der Waals surface area contributed by atoms with E-state index >= 15 is 0 Å². The number of allylic oxidation sites excluding steroid dienone is 2. The number of anilines is 2. The maximum Gasteiger partial charge on any atom is 0.178 e. The molecule has 0 aromatic heterocycles. The van der Waals surface area contributed by atoms with Crippen LogP contribution in [0.5, 0.6) is 0 Å². The fraction of sp³-hybridized carbons (Fsp3) is 0.214. The molecule has 0 aliphatic heterocycles. The summed E-state index contributed by atoms with van der Waals surface area (Å²) in [4.78, 5) is 13.0. The lowest BCUT2D eigenvalue weighted by molar-refractivity contribution is -0.110. The summed E-state index contributed by atoms with van der Waals surface area (Å²) in [6.07, 6.45) is 6.90. The smallest absolute Gasteiger partial charge is 0.178 e. The van der Waals surface area contributed by atoms with Gasteiger partial charge in [-0.1, -0.05) is 12.2 Å². The summed E-state index contributed by atoms with van der Waals surface area (Å²) < 4.78 is 0. The molecule has 0 unspecified atom stereocenters. The van der Waals surface area contributed by atoms with Gasteiger partial charge in [-0.05, 0) is 36.4 Å². The van der Waals surface area contributed by atoms with Gasteiger partial charge in [0.25, 0.3) is 0 Å². The molecule has 3 nitrogen and oxygen atoms in total. The molecule has 0 spiro atoms. The highest BCUT2D eigenvalue weighted by molar-refractivity contribution is 6.00. The molecule has 0 atom stereocenters. The third kappa shape index (κ3) is 2.97. The normalized spacial score (nSPS) is 15.1. The van der Waals surface area contributed by atoms with Crippen LogP contribution >= 0.6 is 0 Å². The molecule has 0 heterocycles. The lowest BCUT2D eigenvalue weighted by Gasteiger charge is -2.16. The van der Waals surface area contributed by atoms with Crippen molar-refractivity contribution in [3.63, 3.8) is 0 Å². The molecule has 1 N–H and O–H groups in total. The number of nitrogens with one attached hydrogen (secondary N) is 1. The van der Waals surface area contributed by atoms with Gasteiger partial charge < -0.3 is 10.2 Å². The van der Waals surface area contributed by atoms with Crippen LogP contribution in [0.1, 0.15) is 0 Å². The second-order valence-electron chi connectivity index (χ2n) is 4.23. The number of hydrogen-bond donors (Lipinski definition) is 1. The Labute approximate surface area is 101 Å². The van der Waals surface area contributed by atoms with Crippen molar-refractivity contribution in [3.8, 4) is 0 Å². The molecule has 0 saturated heterocycles. The van der Waals surface area contributed by atoms with Gasteiger partial charge in [0.15, 0.2) is 5.78 Å². The minimum Gasteiger partial charge on any atom is -0.378 e. The molecule has 1 aromatic carbocycles. The third-order valence-corrected chi connectivity index (χ3v) is 2.65. The molecule has 0 saturated carbocycles. The first kappa shape index (κ1) is 11.5. The third-order valence-electron chi connectivity index (χ3n) is 2.65. The van der Waals surface area contributed by atoms with Gasteiger partial charge in [0.1, 0.15) is 0 Å². The number of carbonyl (C=O) groups is 1. The largest absolute Gasteiger partial charge is 0.378 e. The molecule has 0 bridgehead atoms. The van der Waals surface area contributed by atoms with E-state index in [1.807, 2.05) is 38.4 Å². The topological polar surface area (TPSA) is 32.3 Å². The number of ketones is 1. The molecular weight excluding hydrogens is 212 g/mol. The van der Waals surface area contributed by atoms with E-state index in [0.29, 0.717) is 0 Å². The monoisotopic (exact) mass is 228 g/mol. The molecule has 0 fully saturated rings. The molecule has 17 heavy (non-hydrogen) atoms. The zero-order valence-corrected chi connectivity index (χ0v) is 10.1. The van der Waals surface area contributed by atoms with Crippen LogP contribution in [0, 0.1) is 0 Å². The molecule has 1 aromatic rings. The Bertz CT molecular complexity index is 442. The van der Waals surface area contributed by atoms with Crippen LogP contribution < -0.4 is 10.2 Å². The Morgan fingerprint density at radius 3 is 2.18 bits per heavy atom. The minimum atomic E-state index is 0.0472. The maximum absolute atomic E-state index is 11.0. The van der Waals surface area contributed by atoms with Gasteiger partial charge in [-0.15, -0.1) is 0 Å². The summed E-state index contributed by atoms with van der Waals surface area (Å²) in [7, 11) is 4.03. The first-order valence-corrected chi connectivity index (χ1v) is 5.59. The lowest BCUT2D eigenvalue weighted by atomic mass is 10.1. The Kier molecular flexibility index (Phi) is 3.28. The zero-order valence-electron chi connectivity index (χ0n) is 10.1. The fourth-order valence-corrected chi connectivity index (χ4v) is 1.66. The zero-order chi connectivity index (χ0) is 12.3. The first-order valence-electron chi connectivity index (χ1n) is 5.59. The molecule has 1 aliphatic carbocycles. The summed E-state index contributed by atoms with van der Waals surface area (Å²) in [5.41, 5.74) is 2.21. The van der Waals surface area contributed by atoms with Crippen LogP contribution in [0.3, 0.4) is 0 Å². The van der Waals surface area contributed by atoms with Crippen molar-refractivity contribution in [2.45, 2.75) is 6.04 Å². The van der Waals surface area contributed by atoms with Gasteiger partial charge in [0.2, 0.25) is 0 Å². The van der Waals surface area contributed by atoms with Crippen LogP contribution in [0.4, 0.5) is 11.4 Å². The van der Waals surface area contributed by atoms with E-state index in [-0.39, 0.29) is 11.8 Å². The van der Waals surface area contributed by atoms with E-state index in [2.05, 4.69) is 22.3 Å². The lowest BCUT2D eigenvalue weighted by Crippen LogP contribution is -2.17. The van der Waals surface area contributed by atoms with E-state index < -0.39 is 0 Å². The molecule has 2 rings (SSSR count). The van der Waals surface area contributed by atoms with E-state index in [1.165, 1.54) is 5.69 Å². The van der Waals surface area contributed by atoms with Crippen LogP contribution in [-0.4, -0.2) is 25.9 Å². The Morgan fingerprint density at radius 2 is 1.65 bits per heavy atom. The van der Waals surface area contributed by atoms with Crippen molar-refractivity contribution in [1.29, 1.82) is 0 Å².